The highest BCUT2D eigenvalue weighted by atomic mass is 16.7. The van der Waals surface area contributed by atoms with Gasteiger partial charge in [0.25, 0.3) is 5.91 Å². The van der Waals surface area contributed by atoms with Crippen LogP contribution in [0.1, 0.15) is 58.4 Å². The van der Waals surface area contributed by atoms with Crippen molar-refractivity contribution in [1.29, 1.82) is 0 Å². The minimum absolute atomic E-state index is 0.106. The second-order valence-electron chi connectivity index (χ2n) is 8.44. The van der Waals surface area contributed by atoms with Gasteiger partial charge < -0.3 is 24.3 Å². The van der Waals surface area contributed by atoms with Crippen LogP contribution in [0.25, 0.3) is 0 Å². The maximum atomic E-state index is 13.3. The molecule has 1 fully saturated rings. The fraction of sp³-hybridized carbons (Fsp3) is 0.522. The van der Waals surface area contributed by atoms with Gasteiger partial charge in [0, 0.05) is 17.9 Å². The van der Waals surface area contributed by atoms with Crippen LogP contribution < -0.4 is 14.6 Å². The number of allylic oxidation sites excluding steroid dienone is 1. The summed E-state index contributed by atoms with van der Waals surface area (Å²) in [5, 5.41) is 12.6. The summed E-state index contributed by atoms with van der Waals surface area (Å²) < 4.78 is 10.8. The van der Waals surface area contributed by atoms with E-state index in [2.05, 4.69) is 0 Å². The Morgan fingerprint density at radius 1 is 1.27 bits per heavy atom. The van der Waals surface area contributed by atoms with Gasteiger partial charge in [0.1, 0.15) is 5.54 Å². The van der Waals surface area contributed by atoms with Gasteiger partial charge >= 0.3 is 0 Å². The molecule has 2 aliphatic heterocycles. The van der Waals surface area contributed by atoms with Gasteiger partial charge in [-0.05, 0) is 43.9 Å². The van der Waals surface area contributed by atoms with E-state index in [0.717, 1.165) is 0 Å². The number of carbonyl (C=O) groups is 3. The molecule has 1 amide bonds. The average molecular weight is 414 g/mol. The van der Waals surface area contributed by atoms with E-state index in [9.17, 15) is 19.5 Å². The second kappa shape index (κ2) is 8.13. The number of hydrogen-bond donors (Lipinski definition) is 0. The van der Waals surface area contributed by atoms with E-state index in [4.69, 9.17) is 9.47 Å². The fourth-order valence-corrected chi connectivity index (χ4v) is 4.22. The van der Waals surface area contributed by atoms with Crippen molar-refractivity contribution < 1.29 is 29.0 Å². The highest BCUT2D eigenvalue weighted by Crippen LogP contribution is 2.45. The molecule has 2 heterocycles. The highest BCUT2D eigenvalue weighted by molar-refractivity contribution is 6.38. The Kier molecular flexibility index (Phi) is 5.92. The highest BCUT2D eigenvalue weighted by Gasteiger charge is 2.51. The molecule has 0 aliphatic carbocycles. The number of ether oxygens (including phenoxy) is 2. The minimum Gasteiger partial charge on any atom is -0.547 e. The molecule has 0 saturated carbocycles. The topological polar surface area (TPSA) is 96.0 Å². The van der Waals surface area contributed by atoms with E-state index < -0.39 is 34.5 Å². The number of carboxylic acid groups (broad SMARTS) is 1. The Bertz CT molecular complexity index is 890. The van der Waals surface area contributed by atoms with Gasteiger partial charge in [-0.15, -0.1) is 0 Å². The standard InChI is InChI=1S/C23H29NO6/c1-5-11-23(21(27)28)16(15-9-10-17-18(13-15)30-14-29-17)8-7-12-24(23)20(26)19(25)22(3,4)6-2/h5,9-11,13,16H,6-8,12,14H2,1-4H3,(H,27,28)/p-1/b11-5+. The van der Waals surface area contributed by atoms with E-state index in [1.54, 1.807) is 45.0 Å². The van der Waals surface area contributed by atoms with Crippen molar-refractivity contribution in [1.82, 2.24) is 4.90 Å². The lowest BCUT2D eigenvalue weighted by molar-refractivity contribution is -0.318. The number of carbonyl (C=O) groups excluding carboxylic acids is 3. The van der Waals surface area contributed by atoms with Crippen molar-refractivity contribution >= 4 is 17.7 Å². The molecular formula is C23H28NO6-. The number of likely N-dealkylation sites (tertiary alicyclic amines) is 1. The van der Waals surface area contributed by atoms with Gasteiger partial charge in [-0.2, -0.15) is 0 Å². The SMILES string of the molecule is C/C=C/C1(C(=O)[O-])C(c2ccc3c(c2)OCO3)CCCN1C(=O)C(=O)C(C)(C)CC. The molecule has 2 aliphatic rings. The van der Waals surface area contributed by atoms with Gasteiger partial charge in [-0.3, -0.25) is 9.59 Å². The number of aliphatic carboxylic acids is 1. The number of hydrogen-bond acceptors (Lipinski definition) is 6. The lowest BCUT2D eigenvalue weighted by Crippen LogP contribution is -2.67. The van der Waals surface area contributed by atoms with E-state index in [1.807, 2.05) is 6.92 Å². The summed E-state index contributed by atoms with van der Waals surface area (Å²) in [5.41, 5.74) is -1.95. The molecule has 0 bridgehead atoms. The van der Waals surface area contributed by atoms with Gasteiger partial charge in [0.05, 0.1) is 5.97 Å². The number of nitrogens with zero attached hydrogens (tertiary/aromatic N) is 1. The third kappa shape index (κ3) is 3.46. The van der Waals surface area contributed by atoms with E-state index in [0.29, 0.717) is 36.3 Å². The van der Waals surface area contributed by atoms with Gasteiger partial charge in [0.2, 0.25) is 12.6 Å². The van der Waals surface area contributed by atoms with Crippen molar-refractivity contribution in [3.05, 3.63) is 35.9 Å². The molecule has 2 atom stereocenters. The van der Waals surface area contributed by atoms with E-state index in [1.165, 1.54) is 11.0 Å². The molecular weight excluding hydrogens is 386 g/mol. The van der Waals surface area contributed by atoms with E-state index >= 15 is 0 Å². The first-order valence-electron chi connectivity index (χ1n) is 10.3. The second-order valence-corrected chi connectivity index (χ2v) is 8.44. The van der Waals surface area contributed by atoms with Crippen molar-refractivity contribution in [2.45, 2.75) is 58.4 Å². The molecule has 0 N–H and O–H groups in total. The van der Waals surface area contributed by atoms with Crippen molar-refractivity contribution in [2.75, 3.05) is 13.3 Å². The lowest BCUT2D eigenvalue weighted by atomic mass is 9.71. The molecule has 1 saturated heterocycles. The predicted molar refractivity (Wildman–Crippen MR) is 108 cm³/mol. The Labute approximate surface area is 176 Å². The first kappa shape index (κ1) is 21.9. The molecule has 1 aromatic rings. The van der Waals surface area contributed by atoms with Crippen molar-refractivity contribution in [3.63, 3.8) is 0 Å². The van der Waals surface area contributed by atoms with Crippen LogP contribution in [0.4, 0.5) is 0 Å². The number of carboxylic acids is 1. The minimum atomic E-state index is -1.77. The number of piperidine rings is 1. The summed E-state index contributed by atoms with van der Waals surface area (Å²) in [6, 6.07) is 5.27. The van der Waals surface area contributed by atoms with Crippen LogP contribution in [-0.4, -0.2) is 41.4 Å². The zero-order valence-electron chi connectivity index (χ0n) is 17.9. The van der Waals surface area contributed by atoms with Crippen LogP contribution >= 0.6 is 0 Å². The maximum absolute atomic E-state index is 13.3. The molecule has 30 heavy (non-hydrogen) atoms. The number of benzene rings is 1. The molecule has 162 valence electrons. The smallest absolute Gasteiger partial charge is 0.291 e. The Morgan fingerprint density at radius 3 is 2.60 bits per heavy atom. The van der Waals surface area contributed by atoms with Gasteiger partial charge in [0.15, 0.2) is 11.5 Å². The molecule has 7 heteroatoms. The number of amides is 1. The average Bonchev–Trinajstić information content (AvgIpc) is 3.20. The van der Waals surface area contributed by atoms with E-state index in [-0.39, 0.29) is 13.3 Å². The monoisotopic (exact) mass is 414 g/mol. The third-order valence-electron chi connectivity index (χ3n) is 6.34. The normalized spacial score (nSPS) is 23.6. The molecule has 0 radical (unpaired) electrons. The fourth-order valence-electron chi connectivity index (χ4n) is 4.22. The molecule has 1 aromatic carbocycles. The molecule has 3 rings (SSSR count). The molecule has 7 nitrogen and oxygen atoms in total. The number of fused-ring (bicyclic) bond motifs is 1. The summed E-state index contributed by atoms with van der Waals surface area (Å²) in [7, 11) is 0. The first-order chi connectivity index (χ1) is 14.2. The largest absolute Gasteiger partial charge is 0.547 e. The Balaban J connectivity index is 2.10. The zero-order valence-corrected chi connectivity index (χ0v) is 17.9. The van der Waals surface area contributed by atoms with Crippen LogP contribution in [0, 0.1) is 5.41 Å². The first-order valence-corrected chi connectivity index (χ1v) is 10.3. The van der Waals surface area contributed by atoms with Crippen LogP contribution in [-0.2, 0) is 14.4 Å². The van der Waals surface area contributed by atoms with Crippen LogP contribution in [0.2, 0.25) is 0 Å². The lowest BCUT2D eigenvalue weighted by Gasteiger charge is -2.51. The van der Waals surface area contributed by atoms with Gasteiger partial charge in [-0.25, -0.2) is 0 Å². The molecule has 0 spiro atoms. The van der Waals surface area contributed by atoms with Crippen LogP contribution in [0.3, 0.4) is 0 Å². The number of ketones is 1. The van der Waals surface area contributed by atoms with Gasteiger partial charge in [-0.1, -0.05) is 39.0 Å². The van der Waals surface area contributed by atoms with Crippen LogP contribution in [0.15, 0.2) is 30.4 Å². The zero-order chi connectivity index (χ0) is 22.1. The van der Waals surface area contributed by atoms with Crippen molar-refractivity contribution in [2.24, 2.45) is 5.41 Å². The summed E-state index contributed by atoms with van der Waals surface area (Å²) in [4.78, 5) is 40.0. The summed E-state index contributed by atoms with van der Waals surface area (Å²) in [6.07, 6.45) is 4.63. The quantitative estimate of drug-likeness (QED) is 0.523. The van der Waals surface area contributed by atoms with Crippen molar-refractivity contribution in [3.8, 4) is 11.5 Å². The molecule has 0 aromatic heterocycles. The molecule has 2 unspecified atom stereocenters. The Hall–Kier alpha value is -2.83. The Morgan fingerprint density at radius 2 is 1.97 bits per heavy atom. The number of Topliss-reactive ketones (excluding diaryl/α,β-unsaturated/α-hetero) is 1. The van der Waals surface area contributed by atoms with Crippen LogP contribution in [0.5, 0.6) is 11.5 Å². The predicted octanol–water partition coefficient (Wildman–Crippen LogP) is 2.19. The maximum Gasteiger partial charge on any atom is 0.291 e. The number of rotatable bonds is 6. The summed E-state index contributed by atoms with van der Waals surface area (Å²) in [6.45, 7) is 7.19. The summed E-state index contributed by atoms with van der Waals surface area (Å²) >= 11 is 0. The third-order valence-corrected chi connectivity index (χ3v) is 6.34. The summed E-state index contributed by atoms with van der Waals surface area (Å²) in [5.74, 6) is -2.25.